The van der Waals surface area contributed by atoms with Crippen molar-refractivity contribution in [1.29, 1.82) is 0 Å². The molecule has 1 N–H and O–H groups in total. The number of carbonyl (C=O) groups excluding carboxylic acids is 1. The first-order chi connectivity index (χ1) is 13.1. The number of fused-ring (bicyclic) bond motifs is 1. The van der Waals surface area contributed by atoms with E-state index in [2.05, 4.69) is 10.3 Å². The third-order valence-electron chi connectivity index (χ3n) is 4.37. The van der Waals surface area contributed by atoms with E-state index in [9.17, 15) is 9.59 Å². The van der Waals surface area contributed by atoms with Gasteiger partial charge in [0.2, 0.25) is 5.88 Å². The van der Waals surface area contributed by atoms with Crippen molar-refractivity contribution in [3.05, 3.63) is 58.6 Å². The van der Waals surface area contributed by atoms with Crippen LogP contribution in [0.15, 0.2) is 51.8 Å². The number of anilines is 1. The lowest BCUT2D eigenvalue weighted by atomic mass is 10.1. The second kappa shape index (κ2) is 7.20. The standard InChI is InChI=1S/C20H18N2O5/c1-12-9-19(23)27-17-10-14(5-6-15(12)17)26-18-7-4-13(11-21-18)22-20(24)16-3-2-8-25-16/h4-7,9-11,16H,2-3,8H2,1H3,(H,22,24)/t16-/m0/s1. The van der Waals surface area contributed by atoms with Gasteiger partial charge in [-0.1, -0.05) is 0 Å². The molecule has 27 heavy (non-hydrogen) atoms. The minimum Gasteiger partial charge on any atom is -0.439 e. The number of nitrogens with one attached hydrogen (secondary N) is 1. The van der Waals surface area contributed by atoms with Crippen LogP contribution in [-0.4, -0.2) is 23.6 Å². The van der Waals surface area contributed by atoms with Crippen molar-refractivity contribution in [2.75, 3.05) is 11.9 Å². The lowest BCUT2D eigenvalue weighted by Gasteiger charge is -2.11. The highest BCUT2D eigenvalue weighted by molar-refractivity contribution is 5.94. The highest BCUT2D eigenvalue weighted by atomic mass is 16.5. The van der Waals surface area contributed by atoms with Crippen LogP contribution in [0.1, 0.15) is 18.4 Å². The number of amides is 1. The molecule has 2 aromatic heterocycles. The smallest absolute Gasteiger partial charge is 0.336 e. The van der Waals surface area contributed by atoms with Crippen LogP contribution in [0.5, 0.6) is 11.6 Å². The lowest BCUT2D eigenvalue weighted by molar-refractivity contribution is -0.124. The quantitative estimate of drug-likeness (QED) is 0.712. The third kappa shape index (κ3) is 3.83. The summed E-state index contributed by atoms with van der Waals surface area (Å²) in [7, 11) is 0. The summed E-state index contributed by atoms with van der Waals surface area (Å²) in [4.78, 5) is 27.8. The van der Waals surface area contributed by atoms with Gasteiger partial charge in [0.1, 0.15) is 17.4 Å². The number of benzene rings is 1. The maximum absolute atomic E-state index is 12.0. The zero-order valence-corrected chi connectivity index (χ0v) is 14.7. The summed E-state index contributed by atoms with van der Waals surface area (Å²) >= 11 is 0. The Morgan fingerprint density at radius 2 is 2.15 bits per heavy atom. The zero-order chi connectivity index (χ0) is 18.8. The van der Waals surface area contributed by atoms with Crippen molar-refractivity contribution in [2.45, 2.75) is 25.9 Å². The molecule has 7 heteroatoms. The lowest BCUT2D eigenvalue weighted by Crippen LogP contribution is -2.26. The van der Waals surface area contributed by atoms with Gasteiger partial charge in [-0.2, -0.15) is 0 Å². The van der Waals surface area contributed by atoms with E-state index < -0.39 is 11.7 Å². The number of carbonyl (C=O) groups is 1. The molecule has 0 spiro atoms. The number of aryl methyl sites for hydroxylation is 1. The molecule has 0 radical (unpaired) electrons. The van der Waals surface area contributed by atoms with E-state index >= 15 is 0 Å². The van der Waals surface area contributed by atoms with Crippen LogP contribution in [0.25, 0.3) is 11.0 Å². The van der Waals surface area contributed by atoms with Gasteiger partial charge in [0, 0.05) is 30.2 Å². The highest BCUT2D eigenvalue weighted by Crippen LogP contribution is 2.26. The van der Waals surface area contributed by atoms with Crippen LogP contribution in [0.2, 0.25) is 0 Å². The van der Waals surface area contributed by atoms with Crippen LogP contribution in [0.3, 0.4) is 0 Å². The Labute approximate surface area is 154 Å². The first-order valence-corrected chi connectivity index (χ1v) is 8.69. The summed E-state index contributed by atoms with van der Waals surface area (Å²) in [6.07, 6.45) is 2.76. The van der Waals surface area contributed by atoms with Gasteiger partial charge in [0.15, 0.2) is 0 Å². The van der Waals surface area contributed by atoms with Gasteiger partial charge in [-0.3, -0.25) is 4.79 Å². The molecule has 3 aromatic rings. The number of nitrogens with zero attached hydrogens (tertiary/aromatic N) is 1. The first-order valence-electron chi connectivity index (χ1n) is 8.69. The molecule has 3 heterocycles. The molecule has 138 valence electrons. The van der Waals surface area contributed by atoms with Crippen molar-refractivity contribution < 1.29 is 18.7 Å². The minimum atomic E-state index is -0.401. The fourth-order valence-corrected chi connectivity index (χ4v) is 3.01. The number of pyridine rings is 1. The maximum Gasteiger partial charge on any atom is 0.336 e. The fraction of sp³-hybridized carbons (Fsp3) is 0.250. The van der Waals surface area contributed by atoms with E-state index in [1.165, 1.54) is 12.3 Å². The Bertz CT molecular complexity index is 1040. The Kier molecular flexibility index (Phi) is 4.60. The van der Waals surface area contributed by atoms with Gasteiger partial charge >= 0.3 is 5.63 Å². The highest BCUT2D eigenvalue weighted by Gasteiger charge is 2.23. The minimum absolute atomic E-state index is 0.164. The second-order valence-electron chi connectivity index (χ2n) is 6.38. The predicted octanol–water partition coefficient (Wildman–Crippen LogP) is 3.41. The van der Waals surface area contributed by atoms with Crippen LogP contribution < -0.4 is 15.7 Å². The van der Waals surface area contributed by atoms with Crippen LogP contribution >= 0.6 is 0 Å². The number of ether oxygens (including phenoxy) is 2. The normalized spacial score (nSPS) is 16.4. The van der Waals surface area contributed by atoms with Crippen LogP contribution in [0, 0.1) is 6.92 Å². The van der Waals surface area contributed by atoms with E-state index in [-0.39, 0.29) is 5.91 Å². The van der Waals surface area contributed by atoms with Gasteiger partial charge < -0.3 is 19.2 Å². The first kappa shape index (κ1) is 17.2. The van der Waals surface area contributed by atoms with Gasteiger partial charge in [-0.25, -0.2) is 9.78 Å². The fourth-order valence-electron chi connectivity index (χ4n) is 3.01. The van der Waals surface area contributed by atoms with Crippen molar-refractivity contribution in [2.24, 2.45) is 0 Å². The van der Waals surface area contributed by atoms with Crippen molar-refractivity contribution in [3.8, 4) is 11.6 Å². The van der Waals surface area contributed by atoms with E-state index in [1.807, 2.05) is 13.0 Å². The summed E-state index contributed by atoms with van der Waals surface area (Å²) in [5, 5.41) is 3.63. The van der Waals surface area contributed by atoms with Crippen LogP contribution in [0.4, 0.5) is 5.69 Å². The molecule has 0 unspecified atom stereocenters. The number of hydrogen-bond donors (Lipinski definition) is 1. The Morgan fingerprint density at radius 1 is 1.26 bits per heavy atom. The Morgan fingerprint density at radius 3 is 2.89 bits per heavy atom. The molecule has 0 saturated carbocycles. The van der Waals surface area contributed by atoms with E-state index in [4.69, 9.17) is 13.9 Å². The van der Waals surface area contributed by atoms with Gasteiger partial charge in [0.05, 0.1) is 11.9 Å². The van der Waals surface area contributed by atoms with Crippen molar-refractivity contribution >= 4 is 22.6 Å². The molecule has 1 aliphatic heterocycles. The SMILES string of the molecule is Cc1cc(=O)oc2cc(Oc3ccc(NC(=O)[C@@H]4CCCO4)cn3)ccc12. The molecule has 1 aromatic carbocycles. The van der Waals surface area contributed by atoms with E-state index in [0.717, 1.165) is 23.8 Å². The number of aromatic nitrogens is 1. The summed E-state index contributed by atoms with van der Waals surface area (Å²) in [6.45, 7) is 2.47. The zero-order valence-electron chi connectivity index (χ0n) is 14.7. The number of rotatable bonds is 4. The van der Waals surface area contributed by atoms with Crippen molar-refractivity contribution in [1.82, 2.24) is 4.98 Å². The Balaban J connectivity index is 1.47. The largest absolute Gasteiger partial charge is 0.439 e. The molecule has 0 bridgehead atoms. The molecule has 1 atom stereocenters. The molecule has 1 saturated heterocycles. The molecule has 1 aliphatic rings. The molecule has 0 aliphatic carbocycles. The average Bonchev–Trinajstić information content (AvgIpc) is 3.18. The molecule has 4 rings (SSSR count). The van der Waals surface area contributed by atoms with Gasteiger partial charge in [-0.15, -0.1) is 0 Å². The molecular formula is C20H18N2O5. The van der Waals surface area contributed by atoms with Crippen molar-refractivity contribution in [3.63, 3.8) is 0 Å². The maximum atomic E-state index is 12.0. The average molecular weight is 366 g/mol. The third-order valence-corrected chi connectivity index (χ3v) is 4.37. The second-order valence-corrected chi connectivity index (χ2v) is 6.38. The van der Waals surface area contributed by atoms with E-state index in [0.29, 0.717) is 29.5 Å². The number of hydrogen-bond acceptors (Lipinski definition) is 6. The summed E-state index contributed by atoms with van der Waals surface area (Å²) in [6, 6.07) is 10.1. The van der Waals surface area contributed by atoms with E-state index in [1.54, 1.807) is 24.3 Å². The Hall–Kier alpha value is -3.19. The van der Waals surface area contributed by atoms with Gasteiger partial charge in [-0.05, 0) is 43.5 Å². The molecular weight excluding hydrogens is 348 g/mol. The summed E-state index contributed by atoms with van der Waals surface area (Å²) < 4.78 is 16.3. The molecule has 1 fully saturated rings. The summed E-state index contributed by atoms with van der Waals surface area (Å²) in [5.74, 6) is 0.697. The summed E-state index contributed by atoms with van der Waals surface area (Å²) in [5.41, 5.74) is 1.47. The molecule has 1 amide bonds. The predicted molar refractivity (Wildman–Crippen MR) is 99.1 cm³/mol. The molecule has 7 nitrogen and oxygen atoms in total. The monoisotopic (exact) mass is 366 g/mol. The van der Waals surface area contributed by atoms with Crippen LogP contribution in [-0.2, 0) is 9.53 Å². The van der Waals surface area contributed by atoms with Gasteiger partial charge in [0.25, 0.3) is 5.91 Å². The topological polar surface area (TPSA) is 90.7 Å².